The van der Waals surface area contributed by atoms with Gasteiger partial charge in [0.15, 0.2) is 0 Å². The van der Waals surface area contributed by atoms with E-state index >= 15 is 0 Å². The Morgan fingerprint density at radius 1 is 1.18 bits per heavy atom. The number of hydrogen-bond donors (Lipinski definition) is 2. The lowest BCUT2D eigenvalue weighted by Crippen LogP contribution is -2.13. The zero-order valence-corrected chi connectivity index (χ0v) is 13.1. The summed E-state index contributed by atoms with van der Waals surface area (Å²) < 4.78 is 10.5. The first-order chi connectivity index (χ1) is 10.5. The first kappa shape index (κ1) is 18.0. The second-order valence-corrected chi connectivity index (χ2v) is 4.99. The molecule has 1 amide bonds. The van der Waals surface area contributed by atoms with E-state index < -0.39 is 5.97 Å². The summed E-state index contributed by atoms with van der Waals surface area (Å²) in [5.41, 5.74) is 1.65. The van der Waals surface area contributed by atoms with Crippen molar-refractivity contribution in [2.75, 3.05) is 25.6 Å². The number of amides is 1. The van der Waals surface area contributed by atoms with Crippen molar-refractivity contribution >= 4 is 17.6 Å². The number of carboxylic acids is 1. The van der Waals surface area contributed by atoms with Crippen LogP contribution in [0.2, 0.25) is 0 Å². The standard InChI is InChI=1S/C16H23NO5/c1-12-7-8-13(14(11-12)22-10-9-21-2)17-15(18)5-3-4-6-16(19)20/h7-8,11H,3-6,9-10H2,1-2H3,(H,17,18)(H,19,20). The van der Waals surface area contributed by atoms with E-state index in [4.69, 9.17) is 14.6 Å². The number of aliphatic carboxylic acids is 1. The number of carbonyl (C=O) groups is 2. The smallest absolute Gasteiger partial charge is 0.303 e. The fourth-order valence-electron chi connectivity index (χ4n) is 1.86. The summed E-state index contributed by atoms with van der Waals surface area (Å²) in [5, 5.41) is 11.4. The molecule has 0 unspecified atom stereocenters. The molecule has 0 aliphatic carbocycles. The van der Waals surface area contributed by atoms with Gasteiger partial charge in [-0.05, 0) is 37.5 Å². The van der Waals surface area contributed by atoms with Crippen molar-refractivity contribution < 1.29 is 24.2 Å². The molecule has 6 heteroatoms. The molecule has 0 aliphatic rings. The van der Waals surface area contributed by atoms with Crippen LogP contribution in [0.25, 0.3) is 0 Å². The molecule has 0 bridgehead atoms. The first-order valence-corrected chi connectivity index (χ1v) is 7.27. The van der Waals surface area contributed by atoms with Crippen molar-refractivity contribution in [2.24, 2.45) is 0 Å². The number of anilines is 1. The minimum absolute atomic E-state index is 0.0865. The van der Waals surface area contributed by atoms with Crippen molar-refractivity contribution in [3.8, 4) is 5.75 Å². The Kier molecular flexibility index (Phi) is 7.99. The number of aryl methyl sites for hydroxylation is 1. The van der Waals surface area contributed by atoms with Crippen LogP contribution in [0.5, 0.6) is 5.75 Å². The summed E-state index contributed by atoms with van der Waals surface area (Å²) in [5.74, 6) is -0.380. The quantitative estimate of drug-likeness (QED) is 0.649. The Hall–Kier alpha value is -2.08. The highest BCUT2D eigenvalue weighted by Gasteiger charge is 2.09. The molecule has 1 rings (SSSR count). The molecular formula is C16H23NO5. The minimum Gasteiger partial charge on any atom is -0.489 e. The lowest BCUT2D eigenvalue weighted by Gasteiger charge is -2.13. The number of nitrogens with one attached hydrogen (secondary N) is 1. The van der Waals surface area contributed by atoms with Gasteiger partial charge in [-0.25, -0.2) is 0 Å². The summed E-state index contributed by atoms with van der Waals surface area (Å²) in [6.07, 6.45) is 1.42. The van der Waals surface area contributed by atoms with E-state index in [0.717, 1.165) is 5.56 Å². The zero-order valence-electron chi connectivity index (χ0n) is 13.1. The Morgan fingerprint density at radius 3 is 2.59 bits per heavy atom. The number of benzene rings is 1. The Morgan fingerprint density at radius 2 is 1.91 bits per heavy atom. The third-order valence-corrected chi connectivity index (χ3v) is 3.00. The number of hydrogen-bond acceptors (Lipinski definition) is 4. The van der Waals surface area contributed by atoms with Crippen molar-refractivity contribution in [1.82, 2.24) is 0 Å². The van der Waals surface area contributed by atoms with E-state index in [1.54, 1.807) is 13.2 Å². The van der Waals surface area contributed by atoms with Crippen molar-refractivity contribution in [2.45, 2.75) is 32.6 Å². The predicted octanol–water partition coefficient (Wildman–Crippen LogP) is 2.60. The molecule has 0 fully saturated rings. The number of ether oxygens (including phenoxy) is 2. The fraction of sp³-hybridized carbons (Fsp3) is 0.500. The highest BCUT2D eigenvalue weighted by molar-refractivity contribution is 5.92. The molecular weight excluding hydrogens is 286 g/mol. The van der Waals surface area contributed by atoms with Crippen LogP contribution in [0.4, 0.5) is 5.69 Å². The van der Waals surface area contributed by atoms with Gasteiger partial charge in [0.25, 0.3) is 0 Å². The van der Waals surface area contributed by atoms with Crippen LogP contribution in [0.3, 0.4) is 0 Å². The molecule has 1 aromatic rings. The lowest BCUT2D eigenvalue weighted by molar-refractivity contribution is -0.137. The molecule has 2 N–H and O–H groups in total. The molecule has 1 aromatic carbocycles. The number of methoxy groups -OCH3 is 1. The van der Waals surface area contributed by atoms with Crippen LogP contribution >= 0.6 is 0 Å². The molecule has 0 atom stereocenters. The van der Waals surface area contributed by atoms with E-state index in [2.05, 4.69) is 5.32 Å². The van der Waals surface area contributed by atoms with Crippen molar-refractivity contribution in [3.05, 3.63) is 23.8 Å². The summed E-state index contributed by atoms with van der Waals surface area (Å²) in [6, 6.07) is 5.55. The fourth-order valence-corrected chi connectivity index (χ4v) is 1.86. The second-order valence-electron chi connectivity index (χ2n) is 4.99. The van der Waals surface area contributed by atoms with Gasteiger partial charge in [0.1, 0.15) is 12.4 Å². The van der Waals surface area contributed by atoms with Gasteiger partial charge in [-0.2, -0.15) is 0 Å². The van der Waals surface area contributed by atoms with Gasteiger partial charge in [-0.15, -0.1) is 0 Å². The SMILES string of the molecule is COCCOc1cc(C)ccc1NC(=O)CCCCC(=O)O. The molecule has 0 radical (unpaired) electrons. The maximum atomic E-state index is 11.9. The maximum Gasteiger partial charge on any atom is 0.303 e. The van der Waals surface area contributed by atoms with Gasteiger partial charge in [0.2, 0.25) is 5.91 Å². The normalized spacial score (nSPS) is 10.3. The van der Waals surface area contributed by atoms with Crippen molar-refractivity contribution in [3.63, 3.8) is 0 Å². The monoisotopic (exact) mass is 309 g/mol. The van der Waals surface area contributed by atoms with E-state index in [-0.39, 0.29) is 12.3 Å². The molecule has 0 aliphatic heterocycles. The van der Waals surface area contributed by atoms with E-state index in [1.165, 1.54) is 0 Å². The third-order valence-electron chi connectivity index (χ3n) is 3.00. The van der Waals surface area contributed by atoms with Gasteiger partial charge in [-0.1, -0.05) is 6.07 Å². The average Bonchev–Trinajstić information content (AvgIpc) is 2.46. The van der Waals surface area contributed by atoms with Crippen LogP contribution in [0, 0.1) is 6.92 Å². The van der Waals surface area contributed by atoms with Crippen LogP contribution in [-0.4, -0.2) is 37.3 Å². The predicted molar refractivity (Wildman–Crippen MR) is 83.3 cm³/mol. The largest absolute Gasteiger partial charge is 0.489 e. The van der Waals surface area contributed by atoms with Gasteiger partial charge < -0.3 is 19.9 Å². The lowest BCUT2D eigenvalue weighted by atomic mass is 10.1. The maximum absolute atomic E-state index is 11.9. The Bertz CT molecular complexity index is 501. The number of carboxylic acid groups (broad SMARTS) is 1. The van der Waals surface area contributed by atoms with Crippen LogP contribution in [0.15, 0.2) is 18.2 Å². The highest BCUT2D eigenvalue weighted by Crippen LogP contribution is 2.26. The summed E-state index contributed by atoms with van der Waals surface area (Å²) in [4.78, 5) is 22.3. The molecule has 6 nitrogen and oxygen atoms in total. The van der Waals surface area contributed by atoms with Crippen LogP contribution in [0.1, 0.15) is 31.2 Å². The van der Waals surface area contributed by atoms with Gasteiger partial charge in [0.05, 0.1) is 12.3 Å². The van der Waals surface area contributed by atoms with Gasteiger partial charge in [-0.3, -0.25) is 9.59 Å². The summed E-state index contributed by atoms with van der Waals surface area (Å²) in [7, 11) is 1.60. The topological polar surface area (TPSA) is 84.9 Å². The van der Waals surface area contributed by atoms with E-state index in [9.17, 15) is 9.59 Å². The number of carbonyl (C=O) groups excluding carboxylic acids is 1. The molecule has 122 valence electrons. The first-order valence-electron chi connectivity index (χ1n) is 7.27. The molecule has 22 heavy (non-hydrogen) atoms. The zero-order chi connectivity index (χ0) is 16.4. The van der Waals surface area contributed by atoms with E-state index in [1.807, 2.05) is 19.1 Å². The second kappa shape index (κ2) is 9.78. The van der Waals surface area contributed by atoms with Gasteiger partial charge >= 0.3 is 5.97 Å². The van der Waals surface area contributed by atoms with Gasteiger partial charge in [0, 0.05) is 20.0 Å². The number of unbranched alkanes of at least 4 members (excludes halogenated alkanes) is 1. The van der Waals surface area contributed by atoms with Crippen LogP contribution in [-0.2, 0) is 14.3 Å². The minimum atomic E-state index is -0.840. The molecule has 0 aromatic heterocycles. The summed E-state index contributed by atoms with van der Waals surface area (Å²) in [6.45, 7) is 2.82. The summed E-state index contributed by atoms with van der Waals surface area (Å²) >= 11 is 0. The molecule has 0 saturated heterocycles. The Balaban J connectivity index is 2.52. The molecule has 0 saturated carbocycles. The van der Waals surface area contributed by atoms with Crippen molar-refractivity contribution in [1.29, 1.82) is 0 Å². The number of rotatable bonds is 10. The average molecular weight is 309 g/mol. The highest BCUT2D eigenvalue weighted by atomic mass is 16.5. The Labute approximate surface area is 130 Å². The van der Waals surface area contributed by atoms with Crippen LogP contribution < -0.4 is 10.1 Å². The van der Waals surface area contributed by atoms with E-state index in [0.29, 0.717) is 43.9 Å². The molecule has 0 heterocycles. The molecule has 0 spiro atoms. The third kappa shape index (κ3) is 7.08.